The summed E-state index contributed by atoms with van der Waals surface area (Å²) in [5, 5.41) is 0. The smallest absolute Gasteiger partial charge is 0.237 e. The van der Waals surface area contributed by atoms with E-state index < -0.39 is 0 Å². The van der Waals surface area contributed by atoms with Crippen molar-refractivity contribution in [1.29, 1.82) is 0 Å². The van der Waals surface area contributed by atoms with Crippen LogP contribution in [0, 0.1) is 11.8 Å². The number of benzene rings is 1. The third kappa shape index (κ3) is 3.50. The first-order chi connectivity index (χ1) is 13.6. The molecule has 1 aliphatic carbocycles. The molecule has 1 aromatic carbocycles. The third-order valence-corrected chi connectivity index (χ3v) is 6.37. The number of quaternary nitrogens is 1. The fourth-order valence-corrected chi connectivity index (χ4v) is 4.99. The highest BCUT2D eigenvalue weighted by Crippen LogP contribution is 2.37. The summed E-state index contributed by atoms with van der Waals surface area (Å²) in [5.74, 6) is 1.60. The van der Waals surface area contributed by atoms with Gasteiger partial charge in [-0.3, -0.25) is 9.59 Å². The number of likely N-dealkylation sites (tertiary alicyclic amines) is 1. The van der Waals surface area contributed by atoms with Gasteiger partial charge in [-0.15, -0.1) is 0 Å². The zero-order chi connectivity index (χ0) is 19.7. The van der Waals surface area contributed by atoms with Crippen LogP contribution in [-0.4, -0.2) is 43.1 Å². The fraction of sp³-hybridized carbons (Fsp3) is 0.636. The van der Waals surface area contributed by atoms with Gasteiger partial charge in [0.1, 0.15) is 6.54 Å². The molecule has 0 spiro atoms. The minimum absolute atomic E-state index is 0.0592. The Labute approximate surface area is 166 Å². The summed E-state index contributed by atoms with van der Waals surface area (Å²) in [5.41, 5.74) is 2.51. The topological polar surface area (TPSA) is 60.3 Å². The molecule has 28 heavy (non-hydrogen) atoms. The van der Waals surface area contributed by atoms with E-state index in [0.717, 1.165) is 56.7 Å². The number of carbonyl (C=O) groups is 2. The Morgan fingerprint density at radius 1 is 0.964 bits per heavy atom. The number of hydrogen-bond donors (Lipinski definition) is 1. The van der Waals surface area contributed by atoms with Gasteiger partial charge >= 0.3 is 0 Å². The van der Waals surface area contributed by atoms with Gasteiger partial charge in [-0.05, 0) is 44.4 Å². The fourth-order valence-electron chi connectivity index (χ4n) is 4.99. The summed E-state index contributed by atoms with van der Waals surface area (Å²) in [6, 6.07) is 4.18. The van der Waals surface area contributed by atoms with Crippen LogP contribution in [0.15, 0.2) is 12.1 Å². The van der Waals surface area contributed by atoms with Gasteiger partial charge in [-0.1, -0.05) is 12.8 Å². The zero-order valence-corrected chi connectivity index (χ0v) is 17.0. The average Bonchev–Trinajstić information content (AvgIpc) is 2.94. The van der Waals surface area contributed by atoms with E-state index in [4.69, 9.17) is 9.47 Å². The molecule has 2 heterocycles. The van der Waals surface area contributed by atoms with Gasteiger partial charge in [0.15, 0.2) is 18.2 Å². The van der Waals surface area contributed by atoms with E-state index in [0.29, 0.717) is 19.9 Å². The highest BCUT2D eigenvalue weighted by atomic mass is 16.5. The molecule has 1 unspecified atom stereocenters. The number of amides is 2. The van der Waals surface area contributed by atoms with Crippen molar-refractivity contribution in [2.75, 3.05) is 26.4 Å². The number of nitrogens with one attached hydrogen (secondary N) is 1. The quantitative estimate of drug-likeness (QED) is 0.753. The number of ether oxygens (including phenoxy) is 2. The summed E-state index contributed by atoms with van der Waals surface area (Å²) in [6.45, 7) is 7.35. The molecule has 0 bridgehead atoms. The summed E-state index contributed by atoms with van der Waals surface area (Å²) >= 11 is 0. The second kappa shape index (κ2) is 8.11. The predicted molar refractivity (Wildman–Crippen MR) is 104 cm³/mol. The summed E-state index contributed by atoms with van der Waals surface area (Å²) < 4.78 is 11.5. The van der Waals surface area contributed by atoms with Crippen molar-refractivity contribution in [2.45, 2.75) is 52.5 Å². The first-order valence-corrected chi connectivity index (χ1v) is 10.7. The number of hydrogen-bond acceptors (Lipinski definition) is 4. The van der Waals surface area contributed by atoms with Crippen molar-refractivity contribution in [2.24, 2.45) is 11.8 Å². The van der Waals surface area contributed by atoms with Gasteiger partial charge < -0.3 is 14.4 Å². The van der Waals surface area contributed by atoms with Crippen LogP contribution in [0.2, 0.25) is 0 Å². The third-order valence-electron chi connectivity index (χ3n) is 6.37. The standard InChI is InChI=1S/C22H30N2O4/c1-3-27-19-11-15-9-10-23(13-16(15)12-20(19)28-4-2)14-24-21(25)17-7-5-6-8-18(17)22(24)26/h11-12,17-18H,3-10,13-14H2,1-2H3/p+1/t17-,18-/m0/s1. The van der Waals surface area contributed by atoms with Gasteiger partial charge in [0.25, 0.3) is 0 Å². The van der Waals surface area contributed by atoms with Gasteiger partial charge in [0, 0.05) is 12.0 Å². The maximum atomic E-state index is 12.8. The lowest BCUT2D eigenvalue weighted by molar-refractivity contribution is -0.923. The average molecular weight is 388 g/mol. The number of fused-ring (bicyclic) bond motifs is 2. The van der Waals surface area contributed by atoms with Gasteiger partial charge in [0.2, 0.25) is 11.8 Å². The molecular weight excluding hydrogens is 356 g/mol. The van der Waals surface area contributed by atoms with E-state index >= 15 is 0 Å². The highest BCUT2D eigenvalue weighted by Gasteiger charge is 2.49. The van der Waals surface area contributed by atoms with Crippen molar-refractivity contribution >= 4 is 11.8 Å². The Balaban J connectivity index is 1.48. The molecular formula is C22H31N2O4+. The molecule has 3 atom stereocenters. The molecule has 152 valence electrons. The normalized spacial score (nSPS) is 26.8. The minimum atomic E-state index is -0.0592. The van der Waals surface area contributed by atoms with E-state index in [2.05, 4.69) is 12.1 Å². The molecule has 6 nitrogen and oxygen atoms in total. The molecule has 1 N–H and O–H groups in total. The number of carbonyl (C=O) groups excluding carboxylic acids is 2. The van der Waals surface area contributed by atoms with Crippen LogP contribution >= 0.6 is 0 Å². The zero-order valence-electron chi connectivity index (χ0n) is 17.0. The van der Waals surface area contributed by atoms with Gasteiger partial charge in [-0.2, -0.15) is 0 Å². The first-order valence-electron chi connectivity index (χ1n) is 10.7. The summed E-state index contributed by atoms with van der Waals surface area (Å²) in [7, 11) is 0. The lowest BCUT2D eigenvalue weighted by Gasteiger charge is -2.29. The van der Waals surface area contributed by atoms with Crippen LogP contribution in [0.25, 0.3) is 0 Å². The lowest BCUT2D eigenvalue weighted by Crippen LogP contribution is -3.13. The van der Waals surface area contributed by atoms with E-state index in [1.807, 2.05) is 13.8 Å². The molecule has 3 aliphatic rings. The molecule has 1 saturated heterocycles. The Morgan fingerprint density at radius 2 is 1.54 bits per heavy atom. The Morgan fingerprint density at radius 3 is 2.11 bits per heavy atom. The molecule has 1 aromatic rings. The van der Waals surface area contributed by atoms with Crippen molar-refractivity contribution in [1.82, 2.24) is 4.90 Å². The van der Waals surface area contributed by atoms with Crippen molar-refractivity contribution in [3.63, 3.8) is 0 Å². The molecule has 2 fully saturated rings. The Hall–Kier alpha value is -2.08. The van der Waals surface area contributed by atoms with E-state index in [1.54, 1.807) is 4.90 Å². The maximum Gasteiger partial charge on any atom is 0.237 e. The molecule has 6 heteroatoms. The van der Waals surface area contributed by atoms with E-state index in [1.165, 1.54) is 16.0 Å². The molecule has 2 amide bonds. The van der Waals surface area contributed by atoms with Crippen LogP contribution in [0.5, 0.6) is 11.5 Å². The molecule has 4 rings (SSSR count). The van der Waals surface area contributed by atoms with E-state index in [9.17, 15) is 9.59 Å². The number of nitrogens with zero attached hydrogens (tertiary/aromatic N) is 1. The van der Waals surface area contributed by atoms with E-state index in [-0.39, 0.29) is 23.7 Å². The molecule has 0 aromatic heterocycles. The second-order valence-electron chi connectivity index (χ2n) is 8.12. The second-order valence-corrected chi connectivity index (χ2v) is 8.12. The first kappa shape index (κ1) is 19.2. The van der Waals surface area contributed by atoms with Crippen LogP contribution in [0.4, 0.5) is 0 Å². The Bertz CT molecular complexity index is 739. The SMILES string of the molecule is CCOc1cc2c(cc1OCC)C[NH+](CN1C(=O)[C@H]3CCCC[C@@H]3C1=O)CC2. The number of imide groups is 1. The summed E-state index contributed by atoms with van der Waals surface area (Å²) in [6.07, 6.45) is 4.81. The van der Waals surface area contributed by atoms with Crippen LogP contribution < -0.4 is 14.4 Å². The lowest BCUT2D eigenvalue weighted by atomic mass is 9.81. The minimum Gasteiger partial charge on any atom is -0.490 e. The molecule has 1 saturated carbocycles. The monoisotopic (exact) mass is 387 g/mol. The van der Waals surface area contributed by atoms with Gasteiger partial charge in [0.05, 0.1) is 31.6 Å². The largest absolute Gasteiger partial charge is 0.490 e. The number of rotatable bonds is 6. The molecule has 0 radical (unpaired) electrons. The highest BCUT2D eigenvalue weighted by molar-refractivity contribution is 6.05. The molecule has 2 aliphatic heterocycles. The van der Waals surface area contributed by atoms with Crippen molar-refractivity contribution in [3.05, 3.63) is 23.3 Å². The van der Waals surface area contributed by atoms with Crippen LogP contribution in [0.1, 0.15) is 50.7 Å². The van der Waals surface area contributed by atoms with Gasteiger partial charge in [-0.25, -0.2) is 4.90 Å². The maximum absolute atomic E-state index is 12.8. The van der Waals surface area contributed by atoms with Crippen LogP contribution in [0.3, 0.4) is 0 Å². The van der Waals surface area contributed by atoms with Crippen LogP contribution in [-0.2, 0) is 22.6 Å². The van der Waals surface area contributed by atoms with Crippen molar-refractivity contribution in [3.8, 4) is 11.5 Å². The Kier molecular flexibility index (Phi) is 5.58. The summed E-state index contributed by atoms with van der Waals surface area (Å²) in [4.78, 5) is 28.4. The van der Waals surface area contributed by atoms with Crippen molar-refractivity contribution < 1.29 is 24.0 Å². The predicted octanol–water partition coefficient (Wildman–Crippen LogP) is 1.56.